The van der Waals surface area contributed by atoms with Crippen molar-refractivity contribution in [2.75, 3.05) is 6.54 Å². The number of amides is 1. The number of para-hydroxylation sites is 1. The highest BCUT2D eigenvalue weighted by molar-refractivity contribution is 6.37. The minimum Gasteiger partial charge on any atom is -0.312 e. The lowest BCUT2D eigenvalue weighted by atomic mass is 9.94. The molecule has 33 heavy (non-hydrogen) atoms. The Bertz CT molecular complexity index is 1210. The number of rotatable bonds is 6. The third-order valence-electron chi connectivity index (χ3n) is 5.63. The van der Waals surface area contributed by atoms with Crippen LogP contribution in [0.2, 0.25) is 10.0 Å². The monoisotopic (exact) mass is 493 g/mol. The molecule has 1 aromatic carbocycles. The number of halogens is 2. The first-order valence-corrected chi connectivity index (χ1v) is 11.2. The van der Waals surface area contributed by atoms with Gasteiger partial charge in [-0.25, -0.2) is 14.2 Å². The maximum Gasteiger partial charge on any atom is 0.377 e. The predicted molar refractivity (Wildman–Crippen MR) is 118 cm³/mol. The molecule has 0 spiro atoms. The maximum atomic E-state index is 13.4. The van der Waals surface area contributed by atoms with Crippen molar-refractivity contribution in [3.8, 4) is 5.69 Å². The normalized spacial score (nSPS) is 14.4. The molecule has 0 unspecified atom stereocenters. The standard InChI is InChI=1S/C20H21Cl2N7O4/c1-12-17(24-33-23-12)10-14(30)11-27(13-6-3-2-4-7-13)19(31)29-20(32)28(25-26-29)18-15(21)8-5-9-16(18)22/h5,8-9,13H,2-4,6-7,10-11H2,1H3. The smallest absolute Gasteiger partial charge is 0.312 e. The van der Waals surface area contributed by atoms with Crippen LogP contribution in [-0.2, 0) is 11.2 Å². The number of carbonyl (C=O) groups is 2. The summed E-state index contributed by atoms with van der Waals surface area (Å²) in [7, 11) is 0. The highest BCUT2D eigenvalue weighted by atomic mass is 35.5. The van der Waals surface area contributed by atoms with Crippen LogP contribution in [0.4, 0.5) is 4.79 Å². The Morgan fingerprint density at radius 1 is 1.12 bits per heavy atom. The predicted octanol–water partition coefficient (Wildman–Crippen LogP) is 2.84. The molecule has 2 heterocycles. The summed E-state index contributed by atoms with van der Waals surface area (Å²) < 4.78 is 6.14. The second-order valence-electron chi connectivity index (χ2n) is 7.87. The Kier molecular flexibility index (Phi) is 6.89. The van der Waals surface area contributed by atoms with Gasteiger partial charge in [0.1, 0.15) is 17.1 Å². The Morgan fingerprint density at radius 3 is 2.45 bits per heavy atom. The lowest BCUT2D eigenvalue weighted by Gasteiger charge is -2.33. The van der Waals surface area contributed by atoms with E-state index in [1.807, 2.05) is 0 Å². The fraction of sp³-hybridized carbons (Fsp3) is 0.450. The zero-order chi connectivity index (χ0) is 23.5. The number of tetrazole rings is 1. The van der Waals surface area contributed by atoms with Gasteiger partial charge in [-0.3, -0.25) is 4.79 Å². The number of benzene rings is 1. The quantitative estimate of drug-likeness (QED) is 0.479. The van der Waals surface area contributed by atoms with Gasteiger partial charge in [0.25, 0.3) is 0 Å². The Morgan fingerprint density at radius 2 is 1.82 bits per heavy atom. The van der Waals surface area contributed by atoms with Gasteiger partial charge in [-0.15, -0.1) is 4.68 Å². The summed E-state index contributed by atoms with van der Waals surface area (Å²) in [4.78, 5) is 40.6. The average molecular weight is 494 g/mol. The summed E-state index contributed by atoms with van der Waals surface area (Å²) in [6.45, 7) is 1.48. The van der Waals surface area contributed by atoms with Crippen molar-refractivity contribution >= 4 is 35.0 Å². The van der Waals surface area contributed by atoms with E-state index in [9.17, 15) is 14.4 Å². The summed E-state index contributed by atoms with van der Waals surface area (Å²) >= 11 is 12.4. The van der Waals surface area contributed by atoms with E-state index in [0.717, 1.165) is 36.8 Å². The first-order valence-electron chi connectivity index (χ1n) is 10.5. The number of aromatic nitrogens is 6. The first kappa shape index (κ1) is 23.1. The zero-order valence-electron chi connectivity index (χ0n) is 17.8. The minimum atomic E-state index is -0.834. The number of nitrogens with zero attached hydrogens (tertiary/aromatic N) is 7. The molecule has 0 atom stereocenters. The van der Waals surface area contributed by atoms with Crippen molar-refractivity contribution in [1.29, 1.82) is 0 Å². The number of carbonyl (C=O) groups excluding carboxylic acids is 2. The van der Waals surface area contributed by atoms with Gasteiger partial charge in [-0.2, -0.15) is 4.68 Å². The number of hydrogen-bond acceptors (Lipinski definition) is 8. The fourth-order valence-electron chi connectivity index (χ4n) is 3.91. The molecular formula is C20H21Cl2N7O4. The molecule has 2 aromatic heterocycles. The van der Waals surface area contributed by atoms with Crippen LogP contribution in [0.1, 0.15) is 43.5 Å². The molecule has 1 saturated carbocycles. The molecule has 11 nitrogen and oxygen atoms in total. The van der Waals surface area contributed by atoms with Gasteiger partial charge in [0, 0.05) is 6.04 Å². The van der Waals surface area contributed by atoms with E-state index in [4.69, 9.17) is 23.2 Å². The Hall–Kier alpha value is -3.05. The molecule has 4 rings (SSSR count). The fourth-order valence-corrected chi connectivity index (χ4v) is 4.47. The first-order chi connectivity index (χ1) is 15.9. The van der Waals surface area contributed by atoms with Gasteiger partial charge in [0.15, 0.2) is 5.78 Å². The molecule has 1 aliphatic carbocycles. The van der Waals surface area contributed by atoms with Crippen molar-refractivity contribution in [1.82, 2.24) is 35.0 Å². The number of aryl methyl sites for hydroxylation is 1. The molecule has 0 aliphatic heterocycles. The molecule has 0 radical (unpaired) electrons. The minimum absolute atomic E-state index is 0.0390. The van der Waals surface area contributed by atoms with Gasteiger partial charge >= 0.3 is 11.7 Å². The number of Topliss-reactive ketones (excluding diaryl/α,β-unsaturated/α-hetero) is 1. The summed E-state index contributed by atoms with van der Waals surface area (Å²) in [5.74, 6) is -0.262. The molecule has 0 N–H and O–H groups in total. The van der Waals surface area contributed by atoms with Gasteiger partial charge in [0.05, 0.1) is 23.0 Å². The molecule has 1 fully saturated rings. The molecule has 0 bridgehead atoms. The highest BCUT2D eigenvalue weighted by Crippen LogP contribution is 2.27. The van der Waals surface area contributed by atoms with Crippen molar-refractivity contribution in [2.24, 2.45) is 0 Å². The van der Waals surface area contributed by atoms with Crippen molar-refractivity contribution < 1.29 is 14.2 Å². The molecule has 0 saturated heterocycles. The van der Waals surface area contributed by atoms with Gasteiger partial charge in [-0.05, 0) is 42.3 Å². The third kappa shape index (κ3) is 4.83. The van der Waals surface area contributed by atoms with E-state index in [0.29, 0.717) is 16.1 Å². The zero-order valence-corrected chi connectivity index (χ0v) is 19.3. The molecule has 174 valence electrons. The van der Waals surface area contributed by atoms with E-state index >= 15 is 0 Å². The van der Waals surface area contributed by atoms with E-state index in [1.54, 1.807) is 25.1 Å². The van der Waals surface area contributed by atoms with Crippen LogP contribution in [0.5, 0.6) is 0 Å². The number of hydrogen-bond donors (Lipinski definition) is 0. The largest absolute Gasteiger partial charge is 0.377 e. The molecule has 1 amide bonds. The summed E-state index contributed by atoms with van der Waals surface area (Å²) in [6.07, 6.45) is 4.31. The van der Waals surface area contributed by atoms with Crippen LogP contribution < -0.4 is 5.69 Å². The van der Waals surface area contributed by atoms with Crippen molar-refractivity contribution in [3.63, 3.8) is 0 Å². The van der Waals surface area contributed by atoms with Crippen molar-refractivity contribution in [3.05, 3.63) is 50.1 Å². The number of ketones is 1. The Balaban J connectivity index is 1.63. The lowest BCUT2D eigenvalue weighted by Crippen LogP contribution is -2.49. The van der Waals surface area contributed by atoms with E-state index in [1.165, 1.54) is 4.90 Å². The molecule has 3 aromatic rings. The van der Waals surface area contributed by atoms with E-state index in [-0.39, 0.29) is 40.5 Å². The van der Waals surface area contributed by atoms with Gasteiger partial charge in [0.2, 0.25) is 0 Å². The van der Waals surface area contributed by atoms with Crippen LogP contribution in [-0.4, -0.2) is 59.4 Å². The van der Waals surface area contributed by atoms with Crippen LogP contribution >= 0.6 is 23.2 Å². The van der Waals surface area contributed by atoms with Gasteiger partial charge < -0.3 is 4.90 Å². The summed E-state index contributed by atoms with van der Waals surface area (Å²) in [5.41, 5.74) is 0.209. The van der Waals surface area contributed by atoms with Gasteiger partial charge in [-0.1, -0.05) is 58.8 Å². The average Bonchev–Trinajstić information content (AvgIpc) is 3.37. The van der Waals surface area contributed by atoms with E-state index < -0.39 is 11.7 Å². The SMILES string of the molecule is Cc1nonc1CC(=O)CN(C(=O)n1nnn(-c2c(Cl)cccc2Cl)c1=O)C1CCCCC1. The molecule has 1 aliphatic rings. The second-order valence-corrected chi connectivity index (χ2v) is 8.68. The van der Waals surface area contributed by atoms with Crippen molar-refractivity contribution in [2.45, 2.75) is 51.5 Å². The van der Waals surface area contributed by atoms with Crippen LogP contribution in [0, 0.1) is 6.92 Å². The summed E-state index contributed by atoms with van der Waals surface area (Å²) in [6, 6.07) is 3.78. The van der Waals surface area contributed by atoms with Crippen LogP contribution in [0.3, 0.4) is 0 Å². The highest BCUT2D eigenvalue weighted by Gasteiger charge is 2.31. The third-order valence-corrected chi connectivity index (χ3v) is 6.24. The topological polar surface area (TPSA) is 129 Å². The lowest BCUT2D eigenvalue weighted by molar-refractivity contribution is -0.119. The molecular weight excluding hydrogens is 473 g/mol. The second kappa shape index (κ2) is 9.84. The maximum absolute atomic E-state index is 13.4. The van der Waals surface area contributed by atoms with Crippen LogP contribution in [0.25, 0.3) is 5.69 Å². The summed E-state index contributed by atoms with van der Waals surface area (Å²) in [5, 5.41) is 15.3. The van der Waals surface area contributed by atoms with Crippen LogP contribution in [0.15, 0.2) is 27.6 Å². The molecule has 13 heteroatoms. The Labute approximate surface area is 198 Å². The van der Waals surface area contributed by atoms with E-state index in [2.05, 4.69) is 25.4 Å².